The Balaban J connectivity index is 2.43. The normalized spacial score (nSPS) is 11.0. The van der Waals surface area contributed by atoms with E-state index in [2.05, 4.69) is 29.3 Å². The molecule has 0 saturated heterocycles. The van der Waals surface area contributed by atoms with Gasteiger partial charge in [-0.25, -0.2) is 4.98 Å². The van der Waals surface area contributed by atoms with E-state index in [1.807, 2.05) is 0 Å². The van der Waals surface area contributed by atoms with Crippen molar-refractivity contribution in [2.24, 2.45) is 0 Å². The van der Waals surface area contributed by atoms with Gasteiger partial charge in [0.1, 0.15) is 0 Å². The van der Waals surface area contributed by atoms with Gasteiger partial charge in [0.25, 0.3) is 11.6 Å². The summed E-state index contributed by atoms with van der Waals surface area (Å²) in [7, 11) is 5.65. The summed E-state index contributed by atoms with van der Waals surface area (Å²) in [5, 5.41) is 3.31. The summed E-state index contributed by atoms with van der Waals surface area (Å²) in [6.07, 6.45) is 1.09. The highest BCUT2D eigenvalue weighted by Crippen LogP contribution is 2.03. The van der Waals surface area contributed by atoms with Gasteiger partial charge in [-0.3, -0.25) is 9.36 Å². The van der Waals surface area contributed by atoms with Gasteiger partial charge in [-0.1, -0.05) is 0 Å². The first-order valence-electron chi connectivity index (χ1n) is 6.52. The number of nitrogens with one attached hydrogen (secondary N) is 1. The van der Waals surface area contributed by atoms with Crippen molar-refractivity contribution in [3.05, 3.63) is 22.1 Å². The molecule has 108 valence electrons. The Morgan fingerprint density at radius 1 is 1.42 bits per heavy atom. The van der Waals surface area contributed by atoms with E-state index in [1.165, 1.54) is 13.2 Å². The quantitative estimate of drug-likeness (QED) is 0.678. The molecule has 0 aliphatic rings. The molecule has 0 unspecified atom stereocenters. The van der Waals surface area contributed by atoms with Gasteiger partial charge in [0.05, 0.1) is 7.11 Å². The van der Waals surface area contributed by atoms with Crippen LogP contribution in [-0.4, -0.2) is 55.3 Å². The first kappa shape index (κ1) is 15.7. The zero-order valence-electron chi connectivity index (χ0n) is 12.3. The van der Waals surface area contributed by atoms with Gasteiger partial charge in [-0.05, 0) is 40.5 Å². The summed E-state index contributed by atoms with van der Waals surface area (Å²) < 4.78 is 6.68. The molecule has 1 aromatic heterocycles. The molecule has 19 heavy (non-hydrogen) atoms. The molecule has 0 saturated carbocycles. The summed E-state index contributed by atoms with van der Waals surface area (Å²) in [5.41, 5.74) is 0.608. The molecular formula is C13H24N4O2. The van der Waals surface area contributed by atoms with Gasteiger partial charge in [0.2, 0.25) is 0 Å². The molecule has 0 amide bonds. The van der Waals surface area contributed by atoms with Crippen molar-refractivity contribution >= 4 is 0 Å². The van der Waals surface area contributed by atoms with Gasteiger partial charge in [0, 0.05) is 24.8 Å². The largest absolute Gasteiger partial charge is 0.468 e. The van der Waals surface area contributed by atoms with Gasteiger partial charge in [0.15, 0.2) is 0 Å². The van der Waals surface area contributed by atoms with Crippen molar-refractivity contribution in [1.29, 1.82) is 0 Å². The molecule has 1 N–H and O–H groups in total. The summed E-state index contributed by atoms with van der Waals surface area (Å²) >= 11 is 0. The van der Waals surface area contributed by atoms with Crippen LogP contribution in [-0.2, 0) is 6.54 Å². The second kappa shape index (κ2) is 7.91. The molecule has 0 aromatic carbocycles. The second-order valence-corrected chi connectivity index (χ2v) is 4.78. The zero-order valence-corrected chi connectivity index (χ0v) is 12.3. The molecule has 0 radical (unpaired) electrons. The lowest BCUT2D eigenvalue weighted by molar-refractivity contribution is 0.341. The Morgan fingerprint density at radius 2 is 2.16 bits per heavy atom. The van der Waals surface area contributed by atoms with Crippen LogP contribution in [0.1, 0.15) is 12.1 Å². The van der Waals surface area contributed by atoms with Crippen LogP contribution in [0.25, 0.3) is 0 Å². The van der Waals surface area contributed by atoms with Crippen LogP contribution in [0.4, 0.5) is 0 Å². The molecule has 0 spiro atoms. The first-order valence-corrected chi connectivity index (χ1v) is 6.52. The molecule has 0 aliphatic heterocycles. The summed E-state index contributed by atoms with van der Waals surface area (Å²) in [6.45, 7) is 5.08. The lowest BCUT2D eigenvalue weighted by Crippen LogP contribution is -2.29. The van der Waals surface area contributed by atoms with E-state index >= 15 is 0 Å². The molecule has 6 heteroatoms. The fraction of sp³-hybridized carbons (Fsp3) is 0.692. The van der Waals surface area contributed by atoms with Crippen LogP contribution in [0.5, 0.6) is 6.01 Å². The van der Waals surface area contributed by atoms with Gasteiger partial charge in [-0.15, -0.1) is 0 Å². The average molecular weight is 268 g/mol. The molecule has 0 aliphatic carbocycles. The van der Waals surface area contributed by atoms with Crippen molar-refractivity contribution in [3.63, 3.8) is 0 Å². The Bertz CT molecular complexity index is 443. The van der Waals surface area contributed by atoms with Crippen LogP contribution >= 0.6 is 0 Å². The highest BCUT2D eigenvalue weighted by atomic mass is 16.5. The van der Waals surface area contributed by atoms with Crippen molar-refractivity contribution in [2.75, 3.05) is 40.8 Å². The number of nitrogens with zero attached hydrogens (tertiary/aromatic N) is 3. The second-order valence-electron chi connectivity index (χ2n) is 4.78. The van der Waals surface area contributed by atoms with Gasteiger partial charge < -0.3 is 15.0 Å². The van der Waals surface area contributed by atoms with E-state index in [-0.39, 0.29) is 5.56 Å². The number of aromatic nitrogens is 2. The minimum Gasteiger partial charge on any atom is -0.468 e. The van der Waals surface area contributed by atoms with Crippen LogP contribution in [0.2, 0.25) is 0 Å². The standard InChI is InChI=1S/C13H24N4O2/c1-11-10-12(18)17(13(15-11)19-4)9-7-14-6-5-8-16(2)3/h10,14H,5-9H2,1-4H3. The Hall–Kier alpha value is -1.40. The lowest BCUT2D eigenvalue weighted by atomic mass is 10.4. The summed E-state index contributed by atoms with van der Waals surface area (Å²) in [5.74, 6) is 0. The molecular weight excluding hydrogens is 244 g/mol. The average Bonchev–Trinajstić information content (AvgIpc) is 2.34. The number of methoxy groups -OCH3 is 1. The van der Waals surface area contributed by atoms with Crippen molar-refractivity contribution in [1.82, 2.24) is 19.8 Å². The van der Waals surface area contributed by atoms with E-state index in [4.69, 9.17) is 4.74 Å². The fourth-order valence-corrected chi connectivity index (χ4v) is 1.79. The third kappa shape index (κ3) is 5.40. The molecule has 0 bridgehead atoms. The molecule has 0 atom stereocenters. The van der Waals surface area contributed by atoms with Crippen LogP contribution < -0.4 is 15.6 Å². The van der Waals surface area contributed by atoms with Crippen molar-refractivity contribution in [2.45, 2.75) is 19.9 Å². The van der Waals surface area contributed by atoms with Crippen molar-refractivity contribution < 1.29 is 4.74 Å². The van der Waals surface area contributed by atoms with E-state index in [0.29, 0.717) is 18.2 Å². The van der Waals surface area contributed by atoms with Crippen LogP contribution in [0.3, 0.4) is 0 Å². The number of rotatable bonds is 8. The van der Waals surface area contributed by atoms with Crippen LogP contribution in [0, 0.1) is 6.92 Å². The third-order valence-electron chi connectivity index (χ3n) is 2.75. The number of aryl methyl sites for hydroxylation is 1. The zero-order chi connectivity index (χ0) is 14.3. The van der Waals surface area contributed by atoms with Gasteiger partial charge >= 0.3 is 0 Å². The summed E-state index contributed by atoms with van der Waals surface area (Å²) in [4.78, 5) is 18.2. The fourth-order valence-electron chi connectivity index (χ4n) is 1.79. The minimum atomic E-state index is -0.0700. The SMILES string of the molecule is COc1nc(C)cc(=O)n1CCNCCCN(C)C. The Labute approximate surface area is 114 Å². The van der Waals surface area contributed by atoms with E-state index in [9.17, 15) is 4.79 Å². The number of ether oxygens (including phenoxy) is 1. The molecule has 1 rings (SSSR count). The lowest BCUT2D eigenvalue weighted by Gasteiger charge is -2.12. The Kier molecular flexibility index (Phi) is 6.52. The van der Waals surface area contributed by atoms with E-state index < -0.39 is 0 Å². The maximum atomic E-state index is 11.8. The first-order chi connectivity index (χ1) is 9.04. The number of hydrogen-bond acceptors (Lipinski definition) is 5. The van der Waals surface area contributed by atoms with E-state index in [1.54, 1.807) is 11.5 Å². The predicted octanol–water partition coefficient (Wildman–Crippen LogP) is 0.102. The highest BCUT2D eigenvalue weighted by molar-refractivity contribution is 5.06. The van der Waals surface area contributed by atoms with Crippen LogP contribution in [0.15, 0.2) is 10.9 Å². The smallest absolute Gasteiger partial charge is 0.299 e. The molecule has 1 aromatic rings. The predicted molar refractivity (Wildman–Crippen MR) is 75.8 cm³/mol. The Morgan fingerprint density at radius 3 is 2.79 bits per heavy atom. The molecule has 0 fully saturated rings. The van der Waals surface area contributed by atoms with Crippen molar-refractivity contribution in [3.8, 4) is 6.01 Å². The monoisotopic (exact) mass is 268 g/mol. The van der Waals surface area contributed by atoms with Gasteiger partial charge in [-0.2, -0.15) is 0 Å². The maximum absolute atomic E-state index is 11.8. The molecule has 6 nitrogen and oxygen atoms in total. The molecule has 1 heterocycles. The topological polar surface area (TPSA) is 59.4 Å². The third-order valence-corrected chi connectivity index (χ3v) is 2.75. The summed E-state index contributed by atoms with van der Waals surface area (Å²) in [6, 6.07) is 1.90. The van der Waals surface area contributed by atoms with E-state index in [0.717, 1.165) is 26.1 Å². The maximum Gasteiger partial charge on any atom is 0.299 e. The highest BCUT2D eigenvalue weighted by Gasteiger charge is 2.06. The minimum absolute atomic E-state index is 0.0700. The number of hydrogen-bond donors (Lipinski definition) is 1.